The lowest BCUT2D eigenvalue weighted by Gasteiger charge is -2.50. The molecule has 0 saturated heterocycles. The van der Waals surface area contributed by atoms with Crippen molar-refractivity contribution in [3.8, 4) is 5.75 Å². The van der Waals surface area contributed by atoms with E-state index in [0.717, 1.165) is 0 Å². The average Bonchev–Trinajstić information content (AvgIpc) is 2.88. The molecule has 0 fully saturated rings. The molecule has 4 atom stereocenters. The quantitative estimate of drug-likeness (QED) is 0.173. The molecule has 13 heteroatoms. The van der Waals surface area contributed by atoms with Crippen molar-refractivity contribution in [2.75, 3.05) is 43.9 Å². The minimum Gasteiger partial charge on any atom is -0.510 e. The average molecular weight is 558 g/mol. The third kappa shape index (κ3) is 4.03. The number of phenolic OH excluding ortho intramolecular Hbond substituents is 1. The number of hydrogen-bond acceptors (Lipinski definition) is 11. The molecule has 1 aromatic carbocycles. The molecule has 2 unspecified atom stereocenters. The first kappa shape index (κ1) is 29.1. The van der Waals surface area contributed by atoms with Gasteiger partial charge in [0, 0.05) is 30.3 Å². The number of amides is 2. The largest absolute Gasteiger partial charge is 0.510 e. The van der Waals surface area contributed by atoms with Crippen molar-refractivity contribution < 1.29 is 39.6 Å². The van der Waals surface area contributed by atoms with Crippen LogP contribution in [0.5, 0.6) is 5.75 Å². The number of allylic oxidation sites excluding steroid dienone is 1. The van der Waals surface area contributed by atoms with E-state index in [1.54, 1.807) is 20.2 Å². The Morgan fingerprint density at radius 2 is 1.77 bits per heavy atom. The number of anilines is 2. The zero-order chi connectivity index (χ0) is 29.8. The summed E-state index contributed by atoms with van der Waals surface area (Å²) in [5.41, 5.74) is 7.74. The summed E-state index contributed by atoms with van der Waals surface area (Å²) in [5, 5.41) is 47.7. The number of primary amides is 1. The van der Waals surface area contributed by atoms with Crippen LogP contribution in [0.15, 0.2) is 28.7 Å². The Labute approximate surface area is 230 Å². The van der Waals surface area contributed by atoms with Crippen molar-refractivity contribution in [2.45, 2.75) is 38.3 Å². The van der Waals surface area contributed by atoms with E-state index in [-0.39, 0.29) is 36.2 Å². The molecular weight excluding hydrogens is 522 g/mol. The molecule has 9 N–H and O–H groups in total. The van der Waals surface area contributed by atoms with Gasteiger partial charge in [-0.2, -0.15) is 0 Å². The van der Waals surface area contributed by atoms with Gasteiger partial charge in [0.15, 0.2) is 17.1 Å². The number of aliphatic hydroxyl groups is 3. The van der Waals surface area contributed by atoms with E-state index in [1.807, 2.05) is 18.7 Å². The smallest absolute Gasteiger partial charge is 0.255 e. The van der Waals surface area contributed by atoms with Crippen molar-refractivity contribution in [3.63, 3.8) is 0 Å². The number of nitrogens with one attached hydrogen (secondary N) is 1. The summed E-state index contributed by atoms with van der Waals surface area (Å²) in [4.78, 5) is 55.1. The van der Waals surface area contributed by atoms with Gasteiger partial charge in [0.2, 0.25) is 11.7 Å². The first-order valence-corrected chi connectivity index (χ1v) is 13.0. The monoisotopic (exact) mass is 557 g/mol. The highest BCUT2D eigenvalue weighted by molar-refractivity contribution is 6.25. The molecule has 1 aromatic rings. The molecule has 0 bridgehead atoms. The van der Waals surface area contributed by atoms with Gasteiger partial charge in [0.05, 0.1) is 23.8 Å². The number of carbonyl (C=O) groups excluding carboxylic acids is 4. The standard InChI is InChI=1S/C27H35N5O8/c1-5-32(6-2)15-9-14(30-16(33)10-28)21(34)18-12(15)7-11-8-13-20(31(3)4)23(36)19(26(29)39)25(38)27(13,40)24(37)17(11)22(18)35/h9,11,13,20,34,36-37,40H,5-8,10,28H2,1-4H3,(H2,29,39)(H,30,33)/t11?,13?,20-,27-/m0/s1. The second-order valence-electron chi connectivity index (χ2n) is 10.5. The molecule has 216 valence electrons. The molecule has 0 spiro atoms. The molecule has 0 saturated carbocycles. The number of rotatable bonds is 7. The van der Waals surface area contributed by atoms with E-state index < -0.39 is 69.7 Å². The summed E-state index contributed by atoms with van der Waals surface area (Å²) < 4.78 is 0. The number of fused-ring (bicyclic) bond motifs is 3. The van der Waals surface area contributed by atoms with Gasteiger partial charge in [-0.1, -0.05) is 0 Å². The third-order valence-electron chi connectivity index (χ3n) is 8.26. The Hall–Kier alpha value is -3.94. The van der Waals surface area contributed by atoms with Crippen LogP contribution in [0.25, 0.3) is 0 Å². The maximum atomic E-state index is 14.0. The SMILES string of the molecule is CCN(CC)c1cc(NC(=O)CN)c(O)c2c1CC1CC3[C@H](N(C)C)C(O)=C(C(N)=O)C(=O)[C@@]3(O)C(O)=C1C2=O. The van der Waals surface area contributed by atoms with Crippen LogP contribution < -0.4 is 21.7 Å². The number of aliphatic hydroxyl groups excluding tert-OH is 2. The lowest BCUT2D eigenvalue weighted by molar-refractivity contribution is -0.148. The number of carbonyl (C=O) groups is 4. The summed E-state index contributed by atoms with van der Waals surface area (Å²) in [6.45, 7) is 4.53. The van der Waals surface area contributed by atoms with Crippen molar-refractivity contribution in [2.24, 2.45) is 23.3 Å². The van der Waals surface area contributed by atoms with Gasteiger partial charge in [0.25, 0.3) is 5.91 Å². The molecule has 13 nitrogen and oxygen atoms in total. The fraction of sp³-hybridized carbons (Fsp3) is 0.481. The zero-order valence-electron chi connectivity index (χ0n) is 22.8. The van der Waals surface area contributed by atoms with Crippen LogP contribution >= 0.6 is 0 Å². The number of hydrogen-bond donors (Lipinski definition) is 7. The van der Waals surface area contributed by atoms with E-state index in [2.05, 4.69) is 5.32 Å². The Morgan fingerprint density at radius 1 is 1.15 bits per heavy atom. The van der Waals surface area contributed by atoms with Gasteiger partial charge < -0.3 is 42.1 Å². The number of benzene rings is 1. The van der Waals surface area contributed by atoms with Crippen LogP contribution in [0.3, 0.4) is 0 Å². The van der Waals surface area contributed by atoms with Crippen LogP contribution in [-0.2, 0) is 20.8 Å². The lowest BCUT2D eigenvalue weighted by atomic mass is 9.58. The van der Waals surface area contributed by atoms with Crippen LogP contribution in [0.2, 0.25) is 0 Å². The predicted molar refractivity (Wildman–Crippen MR) is 145 cm³/mol. The molecule has 40 heavy (non-hydrogen) atoms. The minimum absolute atomic E-state index is 0.0180. The fourth-order valence-electron chi connectivity index (χ4n) is 6.44. The number of ketones is 2. The van der Waals surface area contributed by atoms with Gasteiger partial charge in [-0.25, -0.2) is 0 Å². The Kier molecular flexibility index (Phi) is 7.43. The third-order valence-corrected chi connectivity index (χ3v) is 8.26. The summed E-state index contributed by atoms with van der Waals surface area (Å²) in [7, 11) is 3.14. The molecular formula is C27H35N5O8. The number of Topliss-reactive ketones (excluding diaryl/α,β-unsaturated/α-hetero) is 2. The molecule has 4 rings (SSSR count). The van der Waals surface area contributed by atoms with Gasteiger partial charge >= 0.3 is 0 Å². The zero-order valence-corrected chi connectivity index (χ0v) is 22.8. The predicted octanol–water partition coefficient (Wildman–Crippen LogP) is -0.136. The lowest BCUT2D eigenvalue weighted by Crippen LogP contribution is -2.63. The highest BCUT2D eigenvalue weighted by Gasteiger charge is 2.63. The molecule has 0 aliphatic heterocycles. The number of likely N-dealkylation sites (N-methyl/N-ethyl adjacent to an activating group) is 1. The number of aromatic hydroxyl groups is 1. The highest BCUT2D eigenvalue weighted by Crippen LogP contribution is 2.54. The van der Waals surface area contributed by atoms with Gasteiger partial charge in [-0.3, -0.25) is 24.1 Å². The van der Waals surface area contributed by atoms with Gasteiger partial charge in [-0.05, 0) is 58.3 Å². The number of nitrogens with zero attached hydrogens (tertiary/aromatic N) is 2. The van der Waals surface area contributed by atoms with Crippen molar-refractivity contribution in [3.05, 3.63) is 39.9 Å². The van der Waals surface area contributed by atoms with E-state index in [4.69, 9.17) is 11.5 Å². The maximum absolute atomic E-state index is 14.0. The van der Waals surface area contributed by atoms with E-state index in [9.17, 15) is 39.6 Å². The summed E-state index contributed by atoms with van der Waals surface area (Å²) in [6, 6.07) is 0.492. The summed E-state index contributed by atoms with van der Waals surface area (Å²) >= 11 is 0. The Morgan fingerprint density at radius 3 is 2.30 bits per heavy atom. The molecule has 2 amide bonds. The first-order valence-electron chi connectivity index (χ1n) is 13.0. The fourth-order valence-corrected chi connectivity index (χ4v) is 6.44. The Bertz CT molecular complexity index is 1380. The number of nitrogens with two attached hydrogens (primary N) is 2. The van der Waals surface area contributed by atoms with Crippen LogP contribution in [-0.4, -0.2) is 94.1 Å². The van der Waals surface area contributed by atoms with Gasteiger partial charge in [-0.15, -0.1) is 0 Å². The second-order valence-corrected chi connectivity index (χ2v) is 10.5. The van der Waals surface area contributed by atoms with Crippen LogP contribution in [0.1, 0.15) is 36.2 Å². The first-order chi connectivity index (χ1) is 18.8. The molecule has 3 aliphatic rings. The highest BCUT2D eigenvalue weighted by atomic mass is 16.3. The molecule has 0 radical (unpaired) electrons. The molecule has 0 heterocycles. The number of phenols is 1. The summed E-state index contributed by atoms with van der Waals surface area (Å²) in [6.07, 6.45) is 0.120. The second kappa shape index (κ2) is 10.2. The molecule has 3 aliphatic carbocycles. The van der Waals surface area contributed by atoms with Crippen molar-refractivity contribution in [1.82, 2.24) is 4.90 Å². The normalized spacial score (nSPS) is 25.9. The van der Waals surface area contributed by atoms with E-state index in [0.29, 0.717) is 24.3 Å². The minimum atomic E-state index is -2.73. The van der Waals surface area contributed by atoms with Gasteiger partial charge in [0.1, 0.15) is 17.1 Å². The van der Waals surface area contributed by atoms with Crippen LogP contribution in [0.4, 0.5) is 11.4 Å². The van der Waals surface area contributed by atoms with Crippen molar-refractivity contribution in [1.29, 1.82) is 0 Å². The topological polar surface area (TPSA) is 220 Å². The van der Waals surface area contributed by atoms with Crippen LogP contribution in [0, 0.1) is 11.8 Å². The van der Waals surface area contributed by atoms with E-state index >= 15 is 0 Å². The van der Waals surface area contributed by atoms with Crippen molar-refractivity contribution >= 4 is 34.8 Å². The molecule has 0 aromatic heterocycles. The van der Waals surface area contributed by atoms with E-state index in [1.165, 1.54) is 4.90 Å². The maximum Gasteiger partial charge on any atom is 0.255 e. The summed E-state index contributed by atoms with van der Waals surface area (Å²) in [5.74, 6) is -7.97. The Balaban J connectivity index is 1.99.